The maximum absolute atomic E-state index is 12.0. The second-order valence-electron chi connectivity index (χ2n) is 5.93. The maximum Gasteiger partial charge on any atom is 0.411 e. The van der Waals surface area contributed by atoms with Crippen molar-refractivity contribution in [1.29, 1.82) is 0 Å². The molecule has 0 radical (unpaired) electrons. The van der Waals surface area contributed by atoms with Crippen molar-refractivity contribution in [2.24, 2.45) is 0 Å². The van der Waals surface area contributed by atoms with Crippen molar-refractivity contribution >= 4 is 29.1 Å². The second-order valence-corrected chi connectivity index (χ2v) is 6.85. The number of nitrogens with zero attached hydrogens (tertiary/aromatic N) is 1. The molecule has 0 spiro atoms. The number of amides is 1. The van der Waals surface area contributed by atoms with Crippen molar-refractivity contribution in [2.45, 2.75) is 12.8 Å². The van der Waals surface area contributed by atoms with Gasteiger partial charge in [-0.1, -0.05) is 30.3 Å². The number of carboxylic acids is 1. The Morgan fingerprint density at radius 1 is 1.21 bits per heavy atom. The van der Waals surface area contributed by atoms with Gasteiger partial charge < -0.3 is 19.9 Å². The van der Waals surface area contributed by atoms with Crippen LogP contribution in [0.25, 0.3) is 10.7 Å². The molecule has 10 heteroatoms. The molecule has 2 heterocycles. The lowest BCUT2D eigenvalue weighted by atomic mass is 10.1. The van der Waals surface area contributed by atoms with Crippen molar-refractivity contribution < 1.29 is 24.5 Å². The van der Waals surface area contributed by atoms with Crippen molar-refractivity contribution in [1.82, 2.24) is 9.97 Å². The van der Waals surface area contributed by atoms with Crippen LogP contribution in [0.1, 0.15) is 22.5 Å². The average Bonchev–Trinajstić information content (AvgIpc) is 3.16. The highest BCUT2D eigenvalue weighted by Gasteiger charge is 2.20. The number of carbonyl (C=O) groups excluding carboxylic acids is 1. The lowest BCUT2D eigenvalue weighted by Gasteiger charge is -2.08. The molecule has 0 aliphatic rings. The molecule has 9 nitrogen and oxygen atoms in total. The number of H-pyrrole nitrogens is 1. The topological polar surface area (TPSA) is 142 Å². The van der Waals surface area contributed by atoms with Crippen molar-refractivity contribution in [2.75, 3.05) is 11.9 Å². The van der Waals surface area contributed by atoms with Gasteiger partial charge >= 0.3 is 12.1 Å². The van der Waals surface area contributed by atoms with Gasteiger partial charge in [-0.2, -0.15) is 0 Å². The van der Waals surface area contributed by atoms with E-state index in [1.54, 1.807) is 11.4 Å². The molecule has 1 amide bonds. The lowest BCUT2D eigenvalue weighted by molar-refractivity contribution is 0.0686. The van der Waals surface area contributed by atoms with Gasteiger partial charge in [0.15, 0.2) is 11.5 Å². The maximum atomic E-state index is 12.0. The predicted octanol–water partition coefficient (Wildman–Crippen LogP) is 3.08. The molecule has 2 aromatic heterocycles. The number of carboxylic acid groups (broad SMARTS) is 1. The number of carbonyl (C=O) groups is 2. The Kier molecular flexibility index (Phi) is 6.25. The number of aromatic nitrogens is 2. The Morgan fingerprint density at radius 2 is 1.97 bits per heavy atom. The molecule has 0 saturated heterocycles. The molecule has 29 heavy (non-hydrogen) atoms. The summed E-state index contributed by atoms with van der Waals surface area (Å²) in [5.41, 5.74) is -0.316. The van der Waals surface area contributed by atoms with E-state index in [0.29, 0.717) is 17.0 Å². The van der Waals surface area contributed by atoms with E-state index in [9.17, 15) is 19.5 Å². The van der Waals surface area contributed by atoms with Gasteiger partial charge in [-0.3, -0.25) is 10.1 Å². The first-order valence-electron chi connectivity index (χ1n) is 8.58. The highest BCUT2D eigenvalue weighted by atomic mass is 32.1. The van der Waals surface area contributed by atoms with Gasteiger partial charge in [0.25, 0.3) is 5.56 Å². The van der Waals surface area contributed by atoms with Gasteiger partial charge in [0.05, 0.1) is 17.2 Å². The van der Waals surface area contributed by atoms with Gasteiger partial charge in [-0.15, -0.1) is 11.3 Å². The lowest BCUT2D eigenvalue weighted by Crippen LogP contribution is -2.17. The summed E-state index contributed by atoms with van der Waals surface area (Å²) < 4.78 is 5.16. The Morgan fingerprint density at radius 3 is 2.69 bits per heavy atom. The summed E-state index contributed by atoms with van der Waals surface area (Å²) in [6, 6.07) is 11.4. The molecule has 0 aliphatic carbocycles. The Balaban J connectivity index is 1.64. The molecule has 0 bridgehead atoms. The van der Waals surface area contributed by atoms with Crippen LogP contribution in [0.3, 0.4) is 0 Å². The normalized spacial score (nSPS) is 10.5. The van der Waals surface area contributed by atoms with E-state index in [0.717, 1.165) is 23.3 Å². The molecule has 3 rings (SSSR count). The molecule has 0 atom stereocenters. The first kappa shape index (κ1) is 20.1. The van der Waals surface area contributed by atoms with E-state index in [4.69, 9.17) is 9.84 Å². The van der Waals surface area contributed by atoms with Gasteiger partial charge in [-0.25, -0.2) is 14.6 Å². The summed E-state index contributed by atoms with van der Waals surface area (Å²) in [5, 5.41) is 22.8. The fourth-order valence-corrected chi connectivity index (χ4v) is 3.34. The van der Waals surface area contributed by atoms with Crippen LogP contribution >= 0.6 is 11.3 Å². The van der Waals surface area contributed by atoms with E-state index in [1.165, 1.54) is 0 Å². The number of aryl methyl sites for hydroxylation is 1. The van der Waals surface area contributed by atoms with Crippen LogP contribution in [0.5, 0.6) is 5.75 Å². The Labute approximate surface area is 168 Å². The van der Waals surface area contributed by atoms with E-state index < -0.39 is 29.1 Å². The summed E-state index contributed by atoms with van der Waals surface area (Å²) in [7, 11) is 0. The number of aromatic hydroxyl groups is 1. The highest BCUT2D eigenvalue weighted by Crippen LogP contribution is 2.31. The van der Waals surface area contributed by atoms with Crippen molar-refractivity contribution in [3.63, 3.8) is 0 Å². The number of anilines is 1. The summed E-state index contributed by atoms with van der Waals surface area (Å²) in [6.07, 6.45) is 0.745. The van der Waals surface area contributed by atoms with Crippen LogP contribution in [-0.2, 0) is 11.2 Å². The minimum Gasteiger partial charge on any atom is -0.501 e. The number of benzene rings is 1. The third-order valence-electron chi connectivity index (χ3n) is 3.90. The standard InChI is InChI=1S/C19H17N3O6S/c23-14-13(18(25)26)21-16(22-17(14)24)15-12(8-10-29-15)20-19(27)28-9-4-7-11-5-2-1-3-6-11/h1-3,5-6,8,10,23H,4,7,9H2,(H,20,27)(H,25,26)(H,21,22,24). The Hall–Kier alpha value is -3.66. The zero-order chi connectivity index (χ0) is 20.8. The zero-order valence-corrected chi connectivity index (χ0v) is 15.9. The van der Waals surface area contributed by atoms with Crippen LogP contribution in [0.2, 0.25) is 0 Å². The first-order chi connectivity index (χ1) is 14.0. The zero-order valence-electron chi connectivity index (χ0n) is 15.0. The molecule has 1 aromatic carbocycles. The molecule has 0 saturated carbocycles. The van der Waals surface area contributed by atoms with Crippen LogP contribution in [0.4, 0.5) is 10.5 Å². The van der Waals surface area contributed by atoms with Crippen LogP contribution < -0.4 is 10.9 Å². The van der Waals surface area contributed by atoms with Gasteiger partial charge in [0, 0.05) is 0 Å². The van der Waals surface area contributed by atoms with E-state index in [1.807, 2.05) is 30.3 Å². The van der Waals surface area contributed by atoms with E-state index in [2.05, 4.69) is 15.3 Å². The quantitative estimate of drug-likeness (QED) is 0.434. The minimum atomic E-state index is -1.54. The first-order valence-corrected chi connectivity index (χ1v) is 9.46. The number of aromatic carboxylic acids is 1. The monoisotopic (exact) mass is 415 g/mol. The van der Waals surface area contributed by atoms with Gasteiger partial charge in [0.2, 0.25) is 5.75 Å². The average molecular weight is 415 g/mol. The fraction of sp³-hybridized carbons (Fsp3) is 0.158. The molecule has 4 N–H and O–H groups in total. The van der Waals surface area contributed by atoms with Crippen molar-refractivity contribution in [3.05, 3.63) is 63.4 Å². The molecule has 3 aromatic rings. The van der Waals surface area contributed by atoms with Crippen LogP contribution in [-0.4, -0.2) is 38.9 Å². The van der Waals surface area contributed by atoms with E-state index in [-0.39, 0.29) is 12.4 Å². The van der Waals surface area contributed by atoms with E-state index >= 15 is 0 Å². The van der Waals surface area contributed by atoms with Crippen molar-refractivity contribution in [3.8, 4) is 16.5 Å². The molecular formula is C19H17N3O6S. The number of ether oxygens (including phenoxy) is 1. The number of hydrogen-bond donors (Lipinski definition) is 4. The molecule has 150 valence electrons. The second kappa shape index (κ2) is 9.02. The van der Waals surface area contributed by atoms with Gasteiger partial charge in [-0.05, 0) is 29.9 Å². The highest BCUT2D eigenvalue weighted by molar-refractivity contribution is 7.14. The Bertz CT molecular complexity index is 1080. The number of thiophene rings is 1. The van der Waals surface area contributed by atoms with Crippen LogP contribution in [0.15, 0.2) is 46.6 Å². The molecule has 0 aliphatic heterocycles. The summed E-state index contributed by atoms with van der Waals surface area (Å²) in [6.45, 7) is 0.220. The number of rotatable bonds is 7. The number of hydrogen-bond acceptors (Lipinski definition) is 7. The smallest absolute Gasteiger partial charge is 0.411 e. The third kappa shape index (κ3) is 4.99. The third-order valence-corrected chi connectivity index (χ3v) is 4.82. The van der Waals surface area contributed by atoms with Gasteiger partial charge in [0.1, 0.15) is 0 Å². The van der Waals surface area contributed by atoms with Crippen LogP contribution in [0, 0.1) is 0 Å². The SMILES string of the molecule is O=C(Nc1ccsc1-c1nc(C(=O)O)c(O)c(=O)[nH]1)OCCCc1ccccc1. The number of aromatic amines is 1. The number of nitrogens with one attached hydrogen (secondary N) is 2. The summed E-state index contributed by atoms with van der Waals surface area (Å²) in [5.74, 6) is -2.61. The predicted molar refractivity (Wildman–Crippen MR) is 107 cm³/mol. The fourth-order valence-electron chi connectivity index (χ4n) is 2.55. The molecular weight excluding hydrogens is 398 g/mol. The summed E-state index contributed by atoms with van der Waals surface area (Å²) in [4.78, 5) is 41.3. The minimum absolute atomic E-state index is 0.0837. The molecule has 0 unspecified atom stereocenters. The molecule has 0 fully saturated rings. The summed E-state index contributed by atoms with van der Waals surface area (Å²) >= 11 is 1.13. The largest absolute Gasteiger partial charge is 0.501 e.